The zero-order chi connectivity index (χ0) is 48.0. The van der Waals surface area contributed by atoms with Crippen molar-refractivity contribution < 1.29 is 72.7 Å². The number of aliphatic hydroxyl groups excluding tert-OH is 4. The van der Waals surface area contributed by atoms with Crippen LogP contribution in [0.25, 0.3) is 21.7 Å². The molecule has 0 spiro atoms. The van der Waals surface area contributed by atoms with Crippen molar-refractivity contribution in [1.29, 1.82) is 0 Å². The van der Waals surface area contributed by atoms with Crippen LogP contribution in [0.1, 0.15) is 37.9 Å². The third-order valence-electron chi connectivity index (χ3n) is 11.5. The number of aryl methyl sites for hydroxylation is 1. The van der Waals surface area contributed by atoms with Crippen molar-refractivity contribution in [2.75, 3.05) is 109 Å². The van der Waals surface area contributed by atoms with E-state index in [0.717, 1.165) is 16.5 Å². The van der Waals surface area contributed by atoms with Crippen LogP contribution < -0.4 is 25.6 Å². The molecule has 6 atom stereocenters. The van der Waals surface area contributed by atoms with Crippen LogP contribution in [0.2, 0.25) is 0 Å². The van der Waals surface area contributed by atoms with E-state index in [9.17, 15) is 30.0 Å². The molecule has 19 nitrogen and oxygen atoms in total. The van der Waals surface area contributed by atoms with Crippen molar-refractivity contribution in [3.05, 3.63) is 95.2 Å². The Morgan fingerprint density at radius 3 is 2.09 bits per heavy atom. The molecular weight excluding hydrogens is 908 g/mol. The van der Waals surface area contributed by atoms with Crippen LogP contribution in [0, 0.1) is 6.92 Å². The molecular formula is C48H59ClN4O15. The average molecular weight is 967 g/mol. The van der Waals surface area contributed by atoms with Crippen LogP contribution in [-0.4, -0.2) is 166 Å². The molecule has 2 aliphatic rings. The van der Waals surface area contributed by atoms with Crippen molar-refractivity contribution in [1.82, 2.24) is 4.98 Å². The third-order valence-corrected chi connectivity index (χ3v) is 11.9. The van der Waals surface area contributed by atoms with E-state index in [2.05, 4.69) is 15.1 Å². The molecule has 8 N–H and O–H groups in total. The van der Waals surface area contributed by atoms with Gasteiger partial charge in [-0.15, -0.1) is 11.6 Å². The SMILES string of the molecule is Cc1cccc2c(O[C@@H]3O[C@H](CO)[C@H](O)[C@H](O)[C@H]3O)cc3c(c12)[C@H](CCl)CN3C(=O)c1cc2cc(NC(=O)c3ccc(OCCOCCOCCOCCOCCOCCON)cc3)ccc2[nH]1. The number of nitrogens with one attached hydrogen (secondary N) is 2. The zero-order valence-corrected chi connectivity index (χ0v) is 38.4. The second-order valence-corrected chi connectivity index (χ2v) is 16.4. The number of aliphatic hydroxyl groups is 4. The summed E-state index contributed by atoms with van der Waals surface area (Å²) in [5.74, 6) is 5.10. The normalized spacial score (nSPS) is 20.2. The number of ether oxygens (including phenoxy) is 8. The highest BCUT2D eigenvalue weighted by molar-refractivity contribution is 6.19. The lowest BCUT2D eigenvalue weighted by molar-refractivity contribution is -0.277. The van der Waals surface area contributed by atoms with Gasteiger partial charge in [0.05, 0.1) is 85.0 Å². The molecule has 68 heavy (non-hydrogen) atoms. The van der Waals surface area contributed by atoms with E-state index in [4.69, 9.17) is 55.4 Å². The predicted molar refractivity (Wildman–Crippen MR) is 251 cm³/mol. The minimum atomic E-state index is -1.64. The number of amides is 2. The number of carbonyl (C=O) groups is 2. The van der Waals surface area contributed by atoms with Crippen LogP contribution in [-0.2, 0) is 33.3 Å². The van der Waals surface area contributed by atoms with Crippen molar-refractivity contribution in [2.45, 2.75) is 43.5 Å². The summed E-state index contributed by atoms with van der Waals surface area (Å²) < 4.78 is 44.9. The van der Waals surface area contributed by atoms with Gasteiger partial charge in [-0.25, -0.2) is 5.90 Å². The van der Waals surface area contributed by atoms with Gasteiger partial charge >= 0.3 is 0 Å². The maximum absolute atomic E-state index is 14.4. The summed E-state index contributed by atoms with van der Waals surface area (Å²) in [7, 11) is 0. The highest BCUT2D eigenvalue weighted by atomic mass is 35.5. The van der Waals surface area contributed by atoms with Crippen LogP contribution in [0.3, 0.4) is 0 Å². The number of benzene rings is 4. The maximum Gasteiger partial charge on any atom is 0.274 e. The molecule has 0 unspecified atom stereocenters. The Bertz CT molecular complexity index is 2420. The first-order valence-electron chi connectivity index (χ1n) is 22.4. The first-order valence-corrected chi connectivity index (χ1v) is 22.9. The Labute approximate surface area is 397 Å². The number of H-pyrrole nitrogens is 1. The van der Waals surface area contributed by atoms with Crippen LogP contribution >= 0.6 is 11.6 Å². The van der Waals surface area contributed by atoms with Gasteiger partial charge < -0.3 is 78.4 Å². The van der Waals surface area contributed by atoms with Gasteiger partial charge in [0, 0.05) is 51.9 Å². The summed E-state index contributed by atoms with van der Waals surface area (Å²) in [6.07, 6.45) is -7.44. The van der Waals surface area contributed by atoms with Gasteiger partial charge in [0.1, 0.15) is 48.2 Å². The molecule has 20 heteroatoms. The summed E-state index contributed by atoms with van der Waals surface area (Å²) in [6, 6.07) is 21.1. The van der Waals surface area contributed by atoms with Crippen molar-refractivity contribution in [3.63, 3.8) is 0 Å². The zero-order valence-electron chi connectivity index (χ0n) is 37.7. The number of anilines is 2. The number of alkyl halides is 1. The molecule has 5 aromatic rings. The van der Waals surface area contributed by atoms with Gasteiger partial charge in [-0.1, -0.05) is 18.2 Å². The van der Waals surface area contributed by atoms with E-state index in [-0.39, 0.29) is 35.9 Å². The fourth-order valence-electron chi connectivity index (χ4n) is 8.07. The van der Waals surface area contributed by atoms with Gasteiger partial charge in [0.2, 0.25) is 6.29 Å². The number of carbonyl (C=O) groups excluding carboxylic acids is 2. The molecule has 3 heterocycles. The largest absolute Gasteiger partial charge is 0.491 e. The highest BCUT2D eigenvalue weighted by Gasteiger charge is 2.45. The van der Waals surface area contributed by atoms with E-state index in [1.54, 1.807) is 59.5 Å². The summed E-state index contributed by atoms with van der Waals surface area (Å²) in [4.78, 5) is 36.9. The summed E-state index contributed by atoms with van der Waals surface area (Å²) in [5, 5.41) is 46.5. The molecule has 1 aromatic heterocycles. The number of hydrogen-bond acceptors (Lipinski definition) is 16. The van der Waals surface area contributed by atoms with E-state index in [1.807, 2.05) is 25.1 Å². The number of rotatable bonds is 26. The summed E-state index contributed by atoms with van der Waals surface area (Å²) in [6.45, 7) is 6.62. The molecule has 368 valence electrons. The molecule has 1 fully saturated rings. The molecule has 0 bridgehead atoms. The van der Waals surface area contributed by atoms with Gasteiger partial charge in [0.15, 0.2) is 0 Å². The molecule has 2 aliphatic heterocycles. The molecule has 7 rings (SSSR count). The topological polar surface area (TPSA) is 255 Å². The van der Waals surface area contributed by atoms with E-state index in [0.29, 0.717) is 124 Å². The number of fused-ring (bicyclic) bond motifs is 4. The molecule has 4 aromatic carbocycles. The van der Waals surface area contributed by atoms with Crippen LogP contribution in [0.5, 0.6) is 11.5 Å². The Kier molecular flexibility index (Phi) is 18.8. The number of aromatic amines is 1. The fourth-order valence-corrected chi connectivity index (χ4v) is 8.33. The molecule has 0 radical (unpaired) electrons. The van der Waals surface area contributed by atoms with E-state index in [1.165, 1.54) is 0 Å². The third kappa shape index (κ3) is 12.6. The maximum atomic E-state index is 14.4. The van der Waals surface area contributed by atoms with E-state index < -0.39 is 37.3 Å². The first-order chi connectivity index (χ1) is 33.1. The van der Waals surface area contributed by atoms with Crippen LogP contribution in [0.4, 0.5) is 11.4 Å². The second kappa shape index (κ2) is 25.1. The Morgan fingerprint density at radius 2 is 1.46 bits per heavy atom. The quantitative estimate of drug-likeness (QED) is 0.0238. The number of hydrogen-bond donors (Lipinski definition) is 7. The Balaban J connectivity index is 0.893. The Morgan fingerprint density at radius 1 is 0.809 bits per heavy atom. The smallest absolute Gasteiger partial charge is 0.274 e. The van der Waals surface area contributed by atoms with Gasteiger partial charge in [-0.05, 0) is 72.0 Å². The Hall–Kier alpha value is -4.97. The number of aromatic nitrogens is 1. The number of halogens is 1. The molecule has 0 aliphatic carbocycles. The summed E-state index contributed by atoms with van der Waals surface area (Å²) >= 11 is 6.56. The van der Waals surface area contributed by atoms with Crippen molar-refractivity contribution in [3.8, 4) is 11.5 Å². The average Bonchev–Trinajstić information content (AvgIpc) is 3.95. The molecule has 2 amide bonds. The van der Waals surface area contributed by atoms with Gasteiger partial charge in [-0.3, -0.25) is 9.59 Å². The monoisotopic (exact) mass is 966 g/mol. The van der Waals surface area contributed by atoms with Crippen LogP contribution in [0.15, 0.2) is 72.8 Å². The number of nitrogens with zero attached hydrogens (tertiary/aromatic N) is 1. The standard InChI is InChI=1S/C48H59ClN4O15/c1-29-3-2-4-35-39(67-48-45(57)44(56)43(55)40(28-54)68-48)25-38-42(41(29)35)32(26-49)27-53(38)47(59)37-24-31-23-33(7-10-36(31)52-37)51-46(58)30-5-8-34(9-6-30)65-21-19-63-17-15-61-13-11-60-12-14-62-16-18-64-20-22-66-50/h2-10,23-25,32,40,43-45,48,52,54-57H,11-22,26-28,50H2,1H3,(H,51,58)/t32-,40-,43+,44+,45-,48-/m1/s1. The fraction of sp³-hybridized carbons (Fsp3) is 0.458. The molecule has 0 saturated carbocycles. The minimum absolute atomic E-state index is 0.228. The van der Waals surface area contributed by atoms with Gasteiger partial charge in [0.25, 0.3) is 11.8 Å². The lowest BCUT2D eigenvalue weighted by Gasteiger charge is -2.39. The minimum Gasteiger partial charge on any atom is -0.491 e. The van der Waals surface area contributed by atoms with Crippen molar-refractivity contribution >= 4 is 56.5 Å². The molecule has 1 saturated heterocycles. The lowest BCUT2D eigenvalue weighted by atomic mass is 9.92. The highest BCUT2D eigenvalue weighted by Crippen LogP contribution is 2.47. The number of nitrogens with two attached hydrogens (primary N) is 1. The summed E-state index contributed by atoms with van der Waals surface area (Å²) in [5.41, 5.74) is 4.24. The first kappa shape index (κ1) is 50.9. The predicted octanol–water partition coefficient (Wildman–Crippen LogP) is 3.40. The van der Waals surface area contributed by atoms with E-state index >= 15 is 0 Å². The second-order valence-electron chi connectivity index (χ2n) is 16.1. The van der Waals surface area contributed by atoms with Crippen molar-refractivity contribution in [2.24, 2.45) is 5.90 Å². The van der Waals surface area contributed by atoms with Gasteiger partial charge in [-0.2, -0.15) is 0 Å². The lowest BCUT2D eigenvalue weighted by Crippen LogP contribution is -2.60.